The predicted molar refractivity (Wildman–Crippen MR) is 86.0 cm³/mol. The van der Waals surface area contributed by atoms with Crippen molar-refractivity contribution in [3.05, 3.63) is 35.9 Å². The fraction of sp³-hybridized carbons (Fsp3) is 0.562. The zero-order valence-corrected chi connectivity index (χ0v) is 13.6. The maximum atomic E-state index is 11.5. The van der Waals surface area contributed by atoms with E-state index in [0.717, 1.165) is 12.0 Å². The molecule has 0 aromatic heterocycles. The van der Waals surface area contributed by atoms with Crippen molar-refractivity contribution in [1.82, 2.24) is 5.48 Å². The summed E-state index contributed by atoms with van der Waals surface area (Å²) in [5.41, 5.74) is 3.06. The highest BCUT2D eigenvalue weighted by Gasteiger charge is 2.16. The summed E-state index contributed by atoms with van der Waals surface area (Å²) in [6.07, 6.45) is 7.28. The average molecular weight is 325 g/mol. The molecule has 0 bridgehead atoms. The van der Waals surface area contributed by atoms with E-state index in [4.69, 9.17) is 9.36 Å². The number of ether oxygens (including phenoxy) is 1. The number of benzene rings is 1. The highest BCUT2D eigenvalue weighted by molar-refractivity contribution is 7.46. The number of carbonyl (C=O) groups is 1. The van der Waals surface area contributed by atoms with Gasteiger partial charge in [-0.25, -0.2) is 9.42 Å². The van der Waals surface area contributed by atoms with Crippen molar-refractivity contribution >= 4 is 14.5 Å². The molecule has 0 saturated heterocycles. The minimum atomic E-state index is -1.61. The molecule has 2 N–H and O–H groups in total. The van der Waals surface area contributed by atoms with Crippen molar-refractivity contribution in [3.63, 3.8) is 0 Å². The smallest absolute Gasteiger partial charge is 0.431 e. The average Bonchev–Trinajstić information content (AvgIpc) is 2.58. The summed E-state index contributed by atoms with van der Waals surface area (Å²) in [4.78, 5) is 21.3. The lowest BCUT2D eigenvalue weighted by Crippen LogP contribution is -2.23. The van der Waals surface area contributed by atoms with Gasteiger partial charge in [0.15, 0.2) is 8.38 Å². The van der Waals surface area contributed by atoms with Crippen LogP contribution in [-0.2, 0) is 16.0 Å². The third kappa shape index (κ3) is 6.73. The zero-order chi connectivity index (χ0) is 15.6. The number of nitrogens with one attached hydrogen (secondary N) is 1. The van der Waals surface area contributed by atoms with Gasteiger partial charge in [0.2, 0.25) is 0 Å². The molecule has 1 aliphatic rings. The molecule has 1 unspecified atom stereocenters. The van der Waals surface area contributed by atoms with Crippen LogP contribution >= 0.6 is 8.38 Å². The molecule has 0 aliphatic heterocycles. The van der Waals surface area contributed by atoms with Gasteiger partial charge in [-0.2, -0.15) is 5.48 Å². The second-order valence-electron chi connectivity index (χ2n) is 5.62. The summed E-state index contributed by atoms with van der Waals surface area (Å²) in [6.45, 7) is 0.182. The third-order valence-electron chi connectivity index (χ3n) is 3.90. The summed E-state index contributed by atoms with van der Waals surface area (Å²) in [7, 11) is -1.61. The van der Waals surface area contributed by atoms with Gasteiger partial charge in [0.25, 0.3) is 0 Å². The molecule has 1 aliphatic carbocycles. The Morgan fingerprint density at radius 1 is 1.23 bits per heavy atom. The Hall–Kier alpha value is -1.16. The van der Waals surface area contributed by atoms with Crippen LogP contribution in [0.1, 0.15) is 44.1 Å². The normalized spacial score (nSPS) is 17.0. The van der Waals surface area contributed by atoms with Gasteiger partial charge < -0.3 is 9.63 Å². The Morgan fingerprint density at radius 3 is 2.68 bits per heavy atom. The molecule has 1 atom stereocenters. The monoisotopic (exact) mass is 325 g/mol. The van der Waals surface area contributed by atoms with Crippen molar-refractivity contribution in [1.29, 1.82) is 0 Å². The fourth-order valence-electron chi connectivity index (χ4n) is 2.66. The number of rotatable bonds is 7. The van der Waals surface area contributed by atoms with Crippen LogP contribution < -0.4 is 5.48 Å². The van der Waals surface area contributed by atoms with Crippen molar-refractivity contribution in [3.8, 4) is 0 Å². The fourth-order valence-corrected chi connectivity index (χ4v) is 3.51. The van der Waals surface area contributed by atoms with Crippen LogP contribution in [0.2, 0.25) is 0 Å². The molecule has 22 heavy (non-hydrogen) atoms. The first-order chi connectivity index (χ1) is 10.7. The van der Waals surface area contributed by atoms with Crippen molar-refractivity contribution < 1.29 is 19.0 Å². The molecule has 122 valence electrons. The van der Waals surface area contributed by atoms with Gasteiger partial charge in [0.1, 0.15) is 6.61 Å². The van der Waals surface area contributed by atoms with Crippen LogP contribution in [0.5, 0.6) is 0 Å². The first-order valence-corrected chi connectivity index (χ1v) is 9.24. The molecule has 0 heterocycles. The summed E-state index contributed by atoms with van der Waals surface area (Å²) in [6, 6.07) is 9.41. The molecule has 1 amide bonds. The molecular formula is C16H24NO4P. The van der Waals surface area contributed by atoms with Gasteiger partial charge in [-0.3, -0.25) is 0 Å². The largest absolute Gasteiger partial charge is 0.443 e. The van der Waals surface area contributed by atoms with Gasteiger partial charge in [-0.1, -0.05) is 62.4 Å². The lowest BCUT2D eigenvalue weighted by Gasteiger charge is -2.22. The molecule has 6 heteroatoms. The van der Waals surface area contributed by atoms with E-state index in [1.807, 2.05) is 30.3 Å². The Kier molecular flexibility index (Phi) is 7.64. The predicted octanol–water partition coefficient (Wildman–Crippen LogP) is 4.12. The Bertz CT molecular complexity index is 437. The molecule has 5 nitrogen and oxygen atoms in total. The van der Waals surface area contributed by atoms with E-state index in [-0.39, 0.29) is 6.61 Å². The number of hydrogen-bond donors (Lipinski definition) is 2. The van der Waals surface area contributed by atoms with E-state index in [9.17, 15) is 9.69 Å². The maximum Gasteiger partial charge on any atom is 0.431 e. The van der Waals surface area contributed by atoms with Crippen molar-refractivity contribution in [2.45, 2.75) is 45.1 Å². The molecule has 2 rings (SSSR count). The van der Waals surface area contributed by atoms with Gasteiger partial charge in [0, 0.05) is 6.16 Å². The van der Waals surface area contributed by atoms with Crippen LogP contribution in [-0.4, -0.2) is 17.1 Å². The second-order valence-corrected chi connectivity index (χ2v) is 6.96. The lowest BCUT2D eigenvalue weighted by atomic mass is 9.88. The van der Waals surface area contributed by atoms with E-state index >= 15 is 0 Å². The van der Waals surface area contributed by atoms with Gasteiger partial charge >= 0.3 is 6.09 Å². The van der Waals surface area contributed by atoms with Crippen molar-refractivity contribution in [2.24, 2.45) is 5.92 Å². The highest BCUT2D eigenvalue weighted by atomic mass is 31.2. The highest BCUT2D eigenvalue weighted by Crippen LogP contribution is 2.35. The van der Waals surface area contributed by atoms with E-state index in [1.54, 1.807) is 0 Å². The summed E-state index contributed by atoms with van der Waals surface area (Å²) in [5, 5.41) is 0. The van der Waals surface area contributed by atoms with Crippen LogP contribution in [0.15, 0.2) is 30.3 Å². The quantitative estimate of drug-likeness (QED) is 0.584. The number of amides is 1. The molecule has 1 fully saturated rings. The summed E-state index contributed by atoms with van der Waals surface area (Å²) in [5.74, 6) is 0.694. The Morgan fingerprint density at radius 2 is 1.95 bits per heavy atom. The van der Waals surface area contributed by atoms with Crippen LogP contribution in [0.25, 0.3) is 0 Å². The van der Waals surface area contributed by atoms with E-state index in [2.05, 4.69) is 5.48 Å². The van der Waals surface area contributed by atoms with Crippen LogP contribution in [0, 0.1) is 5.92 Å². The Balaban J connectivity index is 1.55. The van der Waals surface area contributed by atoms with E-state index in [0.29, 0.717) is 12.1 Å². The standard InChI is InChI=1S/C16H24NO4P/c18-16(20-13-15-9-5-2-6-10-15)17-21-22(19)12-11-14-7-3-1-4-8-14/h2,5-6,9-10,14,19H,1,3-4,7-8,11-13H2,(H,17,18). The SMILES string of the molecule is O=C(NOP(O)CCC1CCCCC1)OCc1ccccc1. The molecule has 1 aromatic rings. The minimum Gasteiger partial charge on any atom is -0.443 e. The topological polar surface area (TPSA) is 67.8 Å². The lowest BCUT2D eigenvalue weighted by molar-refractivity contribution is 0.0950. The van der Waals surface area contributed by atoms with E-state index < -0.39 is 14.5 Å². The van der Waals surface area contributed by atoms with Crippen molar-refractivity contribution in [2.75, 3.05) is 6.16 Å². The summed E-state index contributed by atoms with van der Waals surface area (Å²) < 4.78 is 9.98. The van der Waals surface area contributed by atoms with E-state index in [1.165, 1.54) is 32.1 Å². The number of hydrogen-bond acceptors (Lipinski definition) is 4. The third-order valence-corrected chi connectivity index (χ3v) is 4.84. The Labute approximate surface area is 132 Å². The molecule has 1 saturated carbocycles. The second kappa shape index (κ2) is 9.78. The van der Waals surface area contributed by atoms with Gasteiger partial charge in [-0.15, -0.1) is 0 Å². The minimum absolute atomic E-state index is 0.182. The molecule has 1 aromatic carbocycles. The number of carbonyl (C=O) groups excluding carboxylic acids is 1. The molecule has 0 spiro atoms. The molecular weight excluding hydrogens is 301 g/mol. The molecule has 0 radical (unpaired) electrons. The van der Waals surface area contributed by atoms with Gasteiger partial charge in [-0.05, 0) is 17.9 Å². The summed E-state index contributed by atoms with van der Waals surface area (Å²) >= 11 is 0. The van der Waals surface area contributed by atoms with Crippen LogP contribution in [0.4, 0.5) is 4.79 Å². The zero-order valence-electron chi connectivity index (χ0n) is 12.7. The maximum absolute atomic E-state index is 11.5. The first kappa shape index (κ1) is 17.2. The number of hydroxylamine groups is 1. The van der Waals surface area contributed by atoms with Gasteiger partial charge in [0.05, 0.1) is 0 Å². The van der Waals surface area contributed by atoms with Crippen LogP contribution in [0.3, 0.4) is 0 Å². The first-order valence-electron chi connectivity index (χ1n) is 7.84.